The first kappa shape index (κ1) is 25.7. The maximum absolute atomic E-state index is 13.0. The van der Waals surface area contributed by atoms with Crippen molar-refractivity contribution in [3.05, 3.63) is 108 Å². The van der Waals surface area contributed by atoms with Gasteiger partial charge in [-0.05, 0) is 73.8 Å². The van der Waals surface area contributed by atoms with Gasteiger partial charge in [-0.3, -0.25) is 9.59 Å². The van der Waals surface area contributed by atoms with Crippen LogP contribution in [0, 0.1) is 0 Å². The quantitative estimate of drug-likeness (QED) is 0.266. The molecule has 1 fully saturated rings. The molecule has 5 aromatic rings. The summed E-state index contributed by atoms with van der Waals surface area (Å²) in [7, 11) is 2.07. The van der Waals surface area contributed by atoms with E-state index in [0.29, 0.717) is 22.6 Å². The highest BCUT2D eigenvalue weighted by Crippen LogP contribution is 2.31. The van der Waals surface area contributed by atoms with Crippen molar-refractivity contribution in [1.82, 2.24) is 14.8 Å². The zero-order valence-corrected chi connectivity index (χ0v) is 22.9. The number of piperazine rings is 1. The van der Waals surface area contributed by atoms with E-state index >= 15 is 0 Å². The molecule has 0 saturated carbocycles. The first-order valence-corrected chi connectivity index (χ1v) is 14.0. The number of thiazole rings is 1. The van der Waals surface area contributed by atoms with Crippen molar-refractivity contribution in [3.8, 4) is 22.1 Å². The van der Waals surface area contributed by atoms with Crippen LogP contribution in [-0.2, 0) is 0 Å². The standard InChI is InChI=1S/C32H28N4O3S/c1-35-17-19-36(20-18-35)32(38)23-9-7-22(8-10-23)31-34-28-16-11-24(21-29(28)40-31)30(37)33-25-12-14-27(15-13-25)39-26-5-3-2-4-6-26/h2-16,21H,17-20H2,1H3,(H,33,37). The number of hydrogen-bond acceptors (Lipinski definition) is 6. The fourth-order valence-electron chi connectivity index (χ4n) is 4.57. The number of amides is 2. The lowest BCUT2D eigenvalue weighted by molar-refractivity contribution is 0.0664. The SMILES string of the molecule is CN1CCN(C(=O)c2ccc(-c3nc4ccc(C(=O)Nc5ccc(Oc6ccccc6)cc5)cc4s3)cc2)CC1. The van der Waals surface area contributed by atoms with Gasteiger partial charge in [0.25, 0.3) is 11.8 Å². The maximum atomic E-state index is 13.0. The molecule has 7 nitrogen and oxygen atoms in total. The number of nitrogens with zero attached hydrogens (tertiary/aromatic N) is 3. The summed E-state index contributed by atoms with van der Waals surface area (Å²) in [5.41, 5.74) is 3.70. The molecule has 8 heteroatoms. The van der Waals surface area contributed by atoms with Gasteiger partial charge >= 0.3 is 0 Å². The van der Waals surface area contributed by atoms with E-state index in [1.165, 1.54) is 11.3 Å². The molecule has 40 heavy (non-hydrogen) atoms. The molecule has 0 aliphatic carbocycles. The van der Waals surface area contributed by atoms with Crippen molar-refractivity contribution in [2.75, 3.05) is 38.5 Å². The largest absolute Gasteiger partial charge is 0.457 e. The Balaban J connectivity index is 1.12. The summed E-state index contributed by atoms with van der Waals surface area (Å²) < 4.78 is 6.74. The lowest BCUT2D eigenvalue weighted by Gasteiger charge is -2.32. The molecule has 0 bridgehead atoms. The molecule has 2 heterocycles. The van der Waals surface area contributed by atoms with Crippen molar-refractivity contribution >= 4 is 39.1 Å². The van der Waals surface area contributed by atoms with Gasteiger partial charge in [-0.2, -0.15) is 0 Å². The van der Waals surface area contributed by atoms with Crippen LogP contribution in [0.3, 0.4) is 0 Å². The van der Waals surface area contributed by atoms with Gasteiger partial charge in [-0.15, -0.1) is 11.3 Å². The van der Waals surface area contributed by atoms with Gasteiger partial charge in [0.15, 0.2) is 0 Å². The van der Waals surface area contributed by atoms with Gasteiger partial charge in [0, 0.05) is 48.6 Å². The van der Waals surface area contributed by atoms with Crippen LogP contribution < -0.4 is 10.1 Å². The Hall–Kier alpha value is -4.53. The van der Waals surface area contributed by atoms with E-state index in [9.17, 15) is 9.59 Å². The highest BCUT2D eigenvalue weighted by atomic mass is 32.1. The third-order valence-electron chi connectivity index (χ3n) is 6.91. The number of hydrogen-bond donors (Lipinski definition) is 1. The van der Waals surface area contributed by atoms with Gasteiger partial charge in [0.05, 0.1) is 10.2 Å². The lowest BCUT2D eigenvalue weighted by atomic mass is 10.1. The Morgan fingerprint density at radius 1 is 0.800 bits per heavy atom. The number of aromatic nitrogens is 1. The molecule has 0 atom stereocenters. The Morgan fingerprint density at radius 3 is 2.20 bits per heavy atom. The second kappa shape index (κ2) is 11.3. The average molecular weight is 549 g/mol. The molecule has 4 aromatic carbocycles. The van der Waals surface area contributed by atoms with Crippen LogP contribution in [0.5, 0.6) is 11.5 Å². The number of likely N-dealkylation sites (N-methyl/N-ethyl adjacent to an activating group) is 1. The van der Waals surface area contributed by atoms with E-state index in [0.717, 1.165) is 52.7 Å². The summed E-state index contributed by atoms with van der Waals surface area (Å²) in [6, 6.07) is 30.0. The number of carbonyl (C=O) groups is 2. The fourth-order valence-corrected chi connectivity index (χ4v) is 5.58. The monoisotopic (exact) mass is 548 g/mol. The lowest BCUT2D eigenvalue weighted by Crippen LogP contribution is -2.47. The number of nitrogens with one attached hydrogen (secondary N) is 1. The minimum Gasteiger partial charge on any atom is -0.457 e. The molecule has 6 rings (SSSR count). The molecule has 200 valence electrons. The zero-order chi connectivity index (χ0) is 27.5. The first-order chi connectivity index (χ1) is 19.5. The van der Waals surface area contributed by atoms with Gasteiger partial charge in [0.2, 0.25) is 0 Å². The third kappa shape index (κ3) is 5.73. The number of ether oxygens (including phenoxy) is 1. The van der Waals surface area contributed by atoms with Crippen molar-refractivity contribution in [1.29, 1.82) is 0 Å². The summed E-state index contributed by atoms with van der Waals surface area (Å²) >= 11 is 1.53. The molecule has 1 N–H and O–H groups in total. The van der Waals surface area contributed by atoms with E-state index in [1.54, 1.807) is 6.07 Å². The second-order valence-corrected chi connectivity index (χ2v) is 10.8. The van der Waals surface area contributed by atoms with E-state index in [-0.39, 0.29) is 11.8 Å². The van der Waals surface area contributed by atoms with Crippen molar-refractivity contribution in [2.45, 2.75) is 0 Å². The number of benzene rings is 4. The maximum Gasteiger partial charge on any atom is 0.255 e. The molecule has 0 radical (unpaired) electrons. The number of fused-ring (bicyclic) bond motifs is 1. The summed E-state index contributed by atoms with van der Waals surface area (Å²) in [4.78, 5) is 34.7. The number of anilines is 1. The topological polar surface area (TPSA) is 74.8 Å². The Morgan fingerprint density at radius 2 is 1.48 bits per heavy atom. The smallest absolute Gasteiger partial charge is 0.255 e. The van der Waals surface area contributed by atoms with Crippen molar-refractivity contribution in [2.24, 2.45) is 0 Å². The van der Waals surface area contributed by atoms with Gasteiger partial charge < -0.3 is 19.9 Å². The number of para-hydroxylation sites is 1. The van der Waals surface area contributed by atoms with E-state index < -0.39 is 0 Å². The van der Waals surface area contributed by atoms with Crippen molar-refractivity contribution in [3.63, 3.8) is 0 Å². The van der Waals surface area contributed by atoms with Crippen LogP contribution in [0.2, 0.25) is 0 Å². The van der Waals surface area contributed by atoms with E-state index in [1.807, 2.05) is 95.9 Å². The van der Waals surface area contributed by atoms with E-state index in [2.05, 4.69) is 17.3 Å². The molecule has 1 aromatic heterocycles. The molecule has 2 amide bonds. The molecule has 0 unspecified atom stereocenters. The van der Waals surface area contributed by atoms with E-state index in [4.69, 9.17) is 9.72 Å². The summed E-state index contributed by atoms with van der Waals surface area (Å²) in [5.74, 6) is 1.32. The van der Waals surface area contributed by atoms with Crippen LogP contribution >= 0.6 is 11.3 Å². The third-order valence-corrected chi connectivity index (χ3v) is 7.98. The second-order valence-electron chi connectivity index (χ2n) is 9.77. The van der Waals surface area contributed by atoms with Crippen LogP contribution in [0.25, 0.3) is 20.8 Å². The van der Waals surface area contributed by atoms with Crippen LogP contribution in [0.1, 0.15) is 20.7 Å². The molecular formula is C32H28N4O3S. The Labute approximate surface area is 236 Å². The summed E-state index contributed by atoms with van der Waals surface area (Å²) in [5, 5.41) is 3.80. The zero-order valence-electron chi connectivity index (χ0n) is 22.0. The highest BCUT2D eigenvalue weighted by molar-refractivity contribution is 7.21. The van der Waals surface area contributed by atoms with Gasteiger partial charge in [0.1, 0.15) is 16.5 Å². The molecular weight excluding hydrogens is 520 g/mol. The van der Waals surface area contributed by atoms with Crippen LogP contribution in [0.4, 0.5) is 5.69 Å². The average Bonchev–Trinajstić information content (AvgIpc) is 3.42. The normalized spacial score (nSPS) is 13.8. The van der Waals surface area contributed by atoms with Crippen LogP contribution in [0.15, 0.2) is 97.1 Å². The van der Waals surface area contributed by atoms with Crippen molar-refractivity contribution < 1.29 is 14.3 Å². The molecule has 0 spiro atoms. The Bertz CT molecular complexity index is 1640. The van der Waals surface area contributed by atoms with Gasteiger partial charge in [-0.1, -0.05) is 30.3 Å². The minimum absolute atomic E-state index is 0.0676. The predicted molar refractivity (Wildman–Crippen MR) is 159 cm³/mol. The number of rotatable bonds is 6. The minimum atomic E-state index is -0.194. The highest BCUT2D eigenvalue weighted by Gasteiger charge is 2.20. The van der Waals surface area contributed by atoms with Crippen LogP contribution in [-0.4, -0.2) is 59.8 Å². The summed E-state index contributed by atoms with van der Waals surface area (Å²) in [6.07, 6.45) is 0. The molecule has 1 aliphatic rings. The van der Waals surface area contributed by atoms with Gasteiger partial charge in [-0.25, -0.2) is 4.98 Å². The number of carbonyl (C=O) groups excluding carboxylic acids is 2. The first-order valence-electron chi connectivity index (χ1n) is 13.1. The predicted octanol–water partition coefficient (Wildman–Crippen LogP) is 6.40. The Kier molecular flexibility index (Phi) is 7.27. The summed E-state index contributed by atoms with van der Waals surface area (Å²) in [6.45, 7) is 3.29. The molecule has 1 aliphatic heterocycles. The fraction of sp³-hybridized carbons (Fsp3) is 0.156. The molecule has 1 saturated heterocycles.